The summed E-state index contributed by atoms with van der Waals surface area (Å²) in [4.78, 5) is 19.8. The maximum Gasteiger partial charge on any atom is 0.404 e. The van der Waals surface area contributed by atoms with E-state index < -0.39 is 21.0 Å². The van der Waals surface area contributed by atoms with Gasteiger partial charge in [0.2, 0.25) is 10.0 Å². The molecule has 0 atom stereocenters. The van der Waals surface area contributed by atoms with Crippen molar-refractivity contribution in [3.05, 3.63) is 21.6 Å². The molecule has 0 fully saturated rings. The normalized spacial score (nSPS) is 11.1. The van der Waals surface area contributed by atoms with Gasteiger partial charge in [-0.1, -0.05) is 0 Å². The number of carbonyl (C=O) groups is 1. The summed E-state index contributed by atoms with van der Waals surface area (Å²) >= 11 is 0.720. The molecule has 0 aromatic carbocycles. The number of nitro groups is 1. The van der Waals surface area contributed by atoms with Crippen LogP contribution in [0.15, 0.2) is 15.7 Å². The largest absolute Gasteiger partial charge is 0.465 e. The number of hydrogen-bond donors (Lipinski definition) is 3. The predicted molar refractivity (Wildman–Crippen MR) is 62.2 cm³/mol. The number of thiophene rings is 1. The number of rotatable bonds is 6. The van der Waals surface area contributed by atoms with Crippen LogP contribution in [0.2, 0.25) is 0 Å². The van der Waals surface area contributed by atoms with Gasteiger partial charge in [0.05, 0.1) is 10.3 Å². The zero-order valence-corrected chi connectivity index (χ0v) is 10.5. The number of carboxylic acid groups (broad SMARTS) is 1. The average molecular weight is 295 g/mol. The molecular formula is C7H9N3O6S2. The number of nitrogens with one attached hydrogen (secondary N) is 2. The van der Waals surface area contributed by atoms with Crippen LogP contribution in [0.25, 0.3) is 0 Å². The lowest BCUT2D eigenvalue weighted by Gasteiger charge is -2.03. The second kappa shape index (κ2) is 5.75. The molecule has 1 heterocycles. The van der Waals surface area contributed by atoms with Crippen LogP contribution < -0.4 is 10.0 Å². The first-order valence-corrected chi connectivity index (χ1v) is 6.88. The molecule has 0 bridgehead atoms. The Kier molecular flexibility index (Phi) is 4.58. The van der Waals surface area contributed by atoms with Crippen LogP contribution in [0, 0.1) is 10.1 Å². The minimum atomic E-state index is -3.84. The minimum absolute atomic E-state index is 0.0952. The molecule has 3 N–H and O–H groups in total. The SMILES string of the molecule is O=C(O)NCCNS(=O)(=O)c1cc([N+](=O)[O-])cs1. The van der Waals surface area contributed by atoms with E-state index in [4.69, 9.17) is 5.11 Å². The molecule has 0 aliphatic carbocycles. The molecule has 0 spiro atoms. The van der Waals surface area contributed by atoms with Gasteiger partial charge in [0.15, 0.2) is 0 Å². The molecule has 11 heteroatoms. The summed E-state index contributed by atoms with van der Waals surface area (Å²) in [5.41, 5.74) is -0.302. The fourth-order valence-corrected chi connectivity index (χ4v) is 3.17. The van der Waals surface area contributed by atoms with E-state index in [1.165, 1.54) is 0 Å². The molecule has 18 heavy (non-hydrogen) atoms. The monoisotopic (exact) mass is 295 g/mol. The van der Waals surface area contributed by atoms with Gasteiger partial charge in [0, 0.05) is 19.2 Å². The average Bonchev–Trinajstić information content (AvgIpc) is 2.74. The minimum Gasteiger partial charge on any atom is -0.465 e. The summed E-state index contributed by atoms with van der Waals surface area (Å²) in [6.07, 6.45) is -1.26. The third kappa shape index (κ3) is 3.94. The molecule has 1 amide bonds. The Hall–Kier alpha value is -1.72. The maximum atomic E-state index is 11.6. The van der Waals surface area contributed by atoms with Crippen LogP contribution in [-0.2, 0) is 10.0 Å². The third-order valence-corrected chi connectivity index (χ3v) is 4.62. The number of sulfonamides is 1. The van der Waals surface area contributed by atoms with E-state index in [2.05, 4.69) is 4.72 Å². The highest BCUT2D eigenvalue weighted by atomic mass is 32.2. The van der Waals surface area contributed by atoms with Crippen LogP contribution in [0.5, 0.6) is 0 Å². The van der Waals surface area contributed by atoms with Gasteiger partial charge in [-0.05, 0) is 0 Å². The van der Waals surface area contributed by atoms with Gasteiger partial charge in [-0.3, -0.25) is 10.1 Å². The first-order chi connectivity index (χ1) is 8.33. The van der Waals surface area contributed by atoms with Crippen molar-refractivity contribution in [1.82, 2.24) is 10.0 Å². The van der Waals surface area contributed by atoms with E-state index in [-0.39, 0.29) is 23.0 Å². The van der Waals surface area contributed by atoms with Crippen molar-refractivity contribution in [2.75, 3.05) is 13.1 Å². The van der Waals surface area contributed by atoms with Crippen molar-refractivity contribution in [1.29, 1.82) is 0 Å². The Bertz CT molecular complexity index is 551. The molecule has 1 aromatic heterocycles. The summed E-state index contributed by atoms with van der Waals surface area (Å²) < 4.78 is 25.2. The van der Waals surface area contributed by atoms with E-state index in [9.17, 15) is 23.3 Å². The molecule has 0 saturated heterocycles. The predicted octanol–water partition coefficient (Wildman–Crippen LogP) is 0.202. The lowest BCUT2D eigenvalue weighted by molar-refractivity contribution is -0.384. The van der Waals surface area contributed by atoms with Gasteiger partial charge >= 0.3 is 6.09 Å². The van der Waals surface area contributed by atoms with Gasteiger partial charge in [-0.15, -0.1) is 11.3 Å². The third-order valence-electron chi connectivity index (χ3n) is 1.73. The van der Waals surface area contributed by atoms with E-state index in [1.54, 1.807) is 0 Å². The zero-order valence-electron chi connectivity index (χ0n) is 8.82. The van der Waals surface area contributed by atoms with Gasteiger partial charge in [-0.25, -0.2) is 17.9 Å². The summed E-state index contributed by atoms with van der Waals surface area (Å²) in [6.45, 7) is -0.234. The second-order valence-electron chi connectivity index (χ2n) is 3.01. The Labute approximate surface area is 106 Å². The van der Waals surface area contributed by atoms with Crippen molar-refractivity contribution in [2.45, 2.75) is 4.21 Å². The molecular weight excluding hydrogens is 286 g/mol. The fraction of sp³-hybridized carbons (Fsp3) is 0.286. The summed E-state index contributed by atoms with van der Waals surface area (Å²) in [5.74, 6) is 0. The van der Waals surface area contributed by atoms with Gasteiger partial charge in [-0.2, -0.15) is 0 Å². The van der Waals surface area contributed by atoms with Gasteiger partial charge in [0.25, 0.3) is 5.69 Å². The van der Waals surface area contributed by atoms with Crippen LogP contribution in [0.4, 0.5) is 10.5 Å². The summed E-state index contributed by atoms with van der Waals surface area (Å²) in [6, 6.07) is 0.942. The molecule has 0 aliphatic rings. The van der Waals surface area contributed by atoms with Gasteiger partial charge in [0.1, 0.15) is 4.21 Å². The van der Waals surface area contributed by atoms with Crippen molar-refractivity contribution in [3.8, 4) is 0 Å². The highest BCUT2D eigenvalue weighted by Gasteiger charge is 2.20. The molecule has 1 aromatic rings. The van der Waals surface area contributed by atoms with Crippen LogP contribution in [0.3, 0.4) is 0 Å². The van der Waals surface area contributed by atoms with E-state index >= 15 is 0 Å². The van der Waals surface area contributed by atoms with E-state index in [0.29, 0.717) is 0 Å². The van der Waals surface area contributed by atoms with Crippen molar-refractivity contribution in [2.24, 2.45) is 0 Å². The lowest BCUT2D eigenvalue weighted by atomic mass is 10.6. The van der Waals surface area contributed by atoms with Crippen molar-refractivity contribution in [3.63, 3.8) is 0 Å². The fourth-order valence-electron chi connectivity index (χ4n) is 0.970. The molecule has 0 unspecified atom stereocenters. The highest BCUT2D eigenvalue weighted by molar-refractivity contribution is 7.91. The second-order valence-corrected chi connectivity index (χ2v) is 5.92. The van der Waals surface area contributed by atoms with Crippen LogP contribution >= 0.6 is 11.3 Å². The molecule has 1 rings (SSSR count). The first kappa shape index (κ1) is 14.3. The topological polar surface area (TPSA) is 139 Å². The lowest BCUT2D eigenvalue weighted by Crippen LogP contribution is -2.33. The van der Waals surface area contributed by atoms with Gasteiger partial charge < -0.3 is 10.4 Å². The van der Waals surface area contributed by atoms with E-state index in [0.717, 1.165) is 22.8 Å². The number of amides is 1. The Morgan fingerprint density at radius 3 is 2.67 bits per heavy atom. The summed E-state index contributed by atoms with van der Waals surface area (Å²) in [7, 11) is -3.84. The molecule has 0 radical (unpaired) electrons. The van der Waals surface area contributed by atoms with E-state index in [1.807, 2.05) is 5.32 Å². The summed E-state index contributed by atoms with van der Waals surface area (Å²) in [5, 5.41) is 21.8. The molecule has 100 valence electrons. The molecule has 9 nitrogen and oxygen atoms in total. The Balaban J connectivity index is 2.62. The first-order valence-electron chi connectivity index (χ1n) is 4.52. The molecule has 0 saturated carbocycles. The maximum absolute atomic E-state index is 11.6. The zero-order chi connectivity index (χ0) is 13.8. The Morgan fingerprint density at radius 2 is 2.17 bits per heavy atom. The Morgan fingerprint density at radius 1 is 1.50 bits per heavy atom. The quantitative estimate of drug-likeness (QED) is 0.389. The standard InChI is InChI=1S/C7H9N3O6S2/c11-7(12)8-1-2-9-18(15,16)6-3-5(4-17-6)10(13)14/h3-4,8-9H,1-2H2,(H,11,12). The van der Waals surface area contributed by atoms with Crippen LogP contribution in [0.1, 0.15) is 0 Å². The van der Waals surface area contributed by atoms with Crippen LogP contribution in [-0.4, -0.2) is 37.6 Å². The van der Waals surface area contributed by atoms with Crippen molar-refractivity contribution >= 4 is 33.1 Å². The van der Waals surface area contributed by atoms with Crippen molar-refractivity contribution < 1.29 is 23.2 Å². The number of nitrogens with zero attached hydrogens (tertiary/aromatic N) is 1. The molecule has 0 aliphatic heterocycles. The highest BCUT2D eigenvalue weighted by Crippen LogP contribution is 2.24. The number of hydrogen-bond acceptors (Lipinski definition) is 6. The smallest absolute Gasteiger partial charge is 0.404 e.